The van der Waals surface area contributed by atoms with Crippen LogP contribution in [0.15, 0.2) is 66.7 Å². The molecule has 168 valence electrons. The number of nitrogens with zero attached hydrogens (tertiary/aromatic N) is 1. The van der Waals surface area contributed by atoms with Crippen LogP contribution in [0.2, 0.25) is 5.02 Å². The van der Waals surface area contributed by atoms with Crippen LogP contribution >= 0.6 is 11.6 Å². The minimum atomic E-state index is -0.683. The fourth-order valence-corrected chi connectivity index (χ4v) is 3.65. The van der Waals surface area contributed by atoms with Crippen LogP contribution in [0.3, 0.4) is 0 Å². The van der Waals surface area contributed by atoms with Crippen LogP contribution in [0.1, 0.15) is 33.3 Å². The molecular formula is C26H29ClN2O3. The second-order valence-electron chi connectivity index (χ2n) is 8.83. The molecule has 0 aliphatic rings. The lowest BCUT2D eigenvalue weighted by molar-refractivity contribution is -0.142. The lowest BCUT2D eigenvalue weighted by Gasteiger charge is -2.31. The Balaban J connectivity index is 1.81. The molecule has 5 nitrogen and oxygen atoms in total. The summed E-state index contributed by atoms with van der Waals surface area (Å²) in [5.41, 5.74) is 0.432. The van der Waals surface area contributed by atoms with E-state index in [9.17, 15) is 9.59 Å². The number of amides is 2. The van der Waals surface area contributed by atoms with Crippen molar-refractivity contribution in [2.75, 3.05) is 6.61 Å². The van der Waals surface area contributed by atoms with E-state index in [-0.39, 0.29) is 25.0 Å². The largest absolute Gasteiger partial charge is 0.483 e. The van der Waals surface area contributed by atoms with Gasteiger partial charge in [0, 0.05) is 22.5 Å². The van der Waals surface area contributed by atoms with Gasteiger partial charge >= 0.3 is 0 Å². The molecule has 1 atom stereocenters. The minimum Gasteiger partial charge on any atom is -0.483 e. The third-order valence-electron chi connectivity index (χ3n) is 5.01. The zero-order chi connectivity index (χ0) is 23.3. The Morgan fingerprint density at radius 2 is 1.72 bits per heavy atom. The molecule has 0 saturated heterocycles. The number of fused-ring (bicyclic) bond motifs is 1. The molecule has 0 fully saturated rings. The molecule has 0 aromatic heterocycles. The van der Waals surface area contributed by atoms with Gasteiger partial charge in [0.15, 0.2) is 6.61 Å². The highest BCUT2D eigenvalue weighted by molar-refractivity contribution is 6.30. The maximum atomic E-state index is 13.2. The van der Waals surface area contributed by atoms with Crippen molar-refractivity contribution in [1.82, 2.24) is 10.2 Å². The van der Waals surface area contributed by atoms with Gasteiger partial charge in [0.05, 0.1) is 0 Å². The smallest absolute Gasteiger partial charge is 0.261 e. The minimum absolute atomic E-state index is 0.179. The van der Waals surface area contributed by atoms with Crippen molar-refractivity contribution in [2.45, 2.75) is 45.8 Å². The number of carbonyl (C=O) groups excluding carboxylic acids is 2. The van der Waals surface area contributed by atoms with Gasteiger partial charge in [0.1, 0.15) is 11.8 Å². The maximum Gasteiger partial charge on any atom is 0.261 e. The first-order valence-corrected chi connectivity index (χ1v) is 11.0. The van der Waals surface area contributed by atoms with Crippen molar-refractivity contribution >= 4 is 34.2 Å². The van der Waals surface area contributed by atoms with E-state index in [1.165, 1.54) is 4.90 Å². The van der Waals surface area contributed by atoms with Gasteiger partial charge in [0.2, 0.25) is 5.91 Å². The summed E-state index contributed by atoms with van der Waals surface area (Å²) in [6.07, 6.45) is 0. The second-order valence-corrected chi connectivity index (χ2v) is 9.27. The molecule has 0 radical (unpaired) electrons. The Morgan fingerprint density at radius 1 is 1.03 bits per heavy atom. The molecule has 0 unspecified atom stereocenters. The number of halogens is 1. The van der Waals surface area contributed by atoms with E-state index in [2.05, 4.69) is 5.32 Å². The number of nitrogens with one attached hydrogen (secondary N) is 1. The average Bonchev–Trinajstić information content (AvgIpc) is 2.74. The molecule has 32 heavy (non-hydrogen) atoms. The predicted octanol–water partition coefficient (Wildman–Crippen LogP) is 5.20. The van der Waals surface area contributed by atoms with Gasteiger partial charge in [-0.2, -0.15) is 0 Å². The van der Waals surface area contributed by atoms with Gasteiger partial charge in [0.25, 0.3) is 5.91 Å². The average molecular weight is 453 g/mol. The first-order valence-electron chi connectivity index (χ1n) is 10.6. The van der Waals surface area contributed by atoms with Crippen LogP contribution in [0.4, 0.5) is 0 Å². The summed E-state index contributed by atoms with van der Waals surface area (Å²) in [6, 6.07) is 20.2. The summed E-state index contributed by atoms with van der Waals surface area (Å²) in [5, 5.41) is 5.49. The van der Waals surface area contributed by atoms with E-state index in [0.717, 1.165) is 16.3 Å². The van der Waals surface area contributed by atoms with E-state index in [0.29, 0.717) is 10.8 Å². The lowest BCUT2D eigenvalue weighted by Crippen LogP contribution is -2.53. The van der Waals surface area contributed by atoms with E-state index < -0.39 is 11.6 Å². The summed E-state index contributed by atoms with van der Waals surface area (Å²) >= 11 is 6.13. The first kappa shape index (κ1) is 23.6. The number of carbonyl (C=O) groups is 2. The number of ether oxygens (including phenoxy) is 1. The number of rotatable bonds is 7. The van der Waals surface area contributed by atoms with Crippen molar-refractivity contribution < 1.29 is 14.3 Å². The van der Waals surface area contributed by atoms with Crippen LogP contribution in [0.5, 0.6) is 5.75 Å². The monoisotopic (exact) mass is 452 g/mol. The Kier molecular flexibility index (Phi) is 7.41. The summed E-state index contributed by atoms with van der Waals surface area (Å²) in [5.74, 6) is 0.124. The predicted molar refractivity (Wildman–Crippen MR) is 129 cm³/mol. The number of hydrogen-bond acceptors (Lipinski definition) is 3. The van der Waals surface area contributed by atoms with Crippen LogP contribution < -0.4 is 10.1 Å². The molecule has 1 N–H and O–H groups in total. The maximum absolute atomic E-state index is 13.2. The van der Waals surface area contributed by atoms with E-state index >= 15 is 0 Å². The van der Waals surface area contributed by atoms with Crippen LogP contribution in [0.25, 0.3) is 10.8 Å². The van der Waals surface area contributed by atoms with Crippen LogP contribution in [0, 0.1) is 0 Å². The van der Waals surface area contributed by atoms with Crippen molar-refractivity contribution in [3.63, 3.8) is 0 Å². The molecule has 3 aromatic carbocycles. The summed E-state index contributed by atoms with van der Waals surface area (Å²) in [6.45, 7) is 7.51. The SMILES string of the molecule is C[C@H](C(=O)NC(C)(C)C)N(Cc1cccc(Cl)c1)C(=O)COc1cccc2ccccc12. The fourth-order valence-electron chi connectivity index (χ4n) is 3.43. The lowest BCUT2D eigenvalue weighted by atomic mass is 10.1. The fraction of sp³-hybridized carbons (Fsp3) is 0.308. The van der Waals surface area contributed by atoms with E-state index in [1.54, 1.807) is 19.1 Å². The molecule has 0 spiro atoms. The van der Waals surface area contributed by atoms with Gasteiger partial charge in [-0.05, 0) is 56.8 Å². The Hall–Kier alpha value is -3.05. The molecule has 6 heteroatoms. The summed E-state index contributed by atoms with van der Waals surface area (Å²) in [4.78, 5) is 27.6. The molecule has 0 bridgehead atoms. The van der Waals surface area contributed by atoms with Gasteiger partial charge in [-0.1, -0.05) is 60.1 Å². The third kappa shape index (κ3) is 6.24. The molecule has 0 saturated carbocycles. The zero-order valence-electron chi connectivity index (χ0n) is 18.9. The van der Waals surface area contributed by atoms with Gasteiger partial charge in [-0.3, -0.25) is 9.59 Å². The third-order valence-corrected chi connectivity index (χ3v) is 5.24. The van der Waals surface area contributed by atoms with Crippen LogP contribution in [-0.2, 0) is 16.1 Å². The highest BCUT2D eigenvalue weighted by atomic mass is 35.5. The molecule has 0 heterocycles. The highest BCUT2D eigenvalue weighted by Crippen LogP contribution is 2.25. The first-order chi connectivity index (χ1) is 15.1. The quantitative estimate of drug-likeness (QED) is 0.535. The number of benzene rings is 3. The Morgan fingerprint density at radius 3 is 2.44 bits per heavy atom. The highest BCUT2D eigenvalue weighted by Gasteiger charge is 2.28. The van der Waals surface area contributed by atoms with Crippen molar-refractivity contribution in [3.8, 4) is 5.75 Å². The topological polar surface area (TPSA) is 58.6 Å². The van der Waals surface area contributed by atoms with E-state index in [1.807, 2.05) is 75.4 Å². The van der Waals surface area contributed by atoms with Gasteiger partial charge in [-0.15, -0.1) is 0 Å². The molecule has 0 aliphatic carbocycles. The van der Waals surface area contributed by atoms with Crippen molar-refractivity contribution in [2.24, 2.45) is 0 Å². The van der Waals surface area contributed by atoms with E-state index in [4.69, 9.17) is 16.3 Å². The molecular weight excluding hydrogens is 424 g/mol. The molecule has 3 aromatic rings. The molecule has 0 aliphatic heterocycles. The zero-order valence-corrected chi connectivity index (χ0v) is 19.6. The Bertz CT molecular complexity index is 1100. The van der Waals surface area contributed by atoms with Crippen molar-refractivity contribution in [3.05, 3.63) is 77.3 Å². The molecule has 2 amide bonds. The van der Waals surface area contributed by atoms with Crippen LogP contribution in [-0.4, -0.2) is 34.9 Å². The normalized spacial score (nSPS) is 12.3. The summed E-state index contributed by atoms with van der Waals surface area (Å²) in [7, 11) is 0. The molecule has 3 rings (SSSR count). The van der Waals surface area contributed by atoms with Gasteiger partial charge < -0.3 is 15.0 Å². The second kappa shape index (κ2) is 10.0. The Labute approximate surface area is 194 Å². The van der Waals surface area contributed by atoms with Gasteiger partial charge in [-0.25, -0.2) is 0 Å². The number of hydrogen-bond donors (Lipinski definition) is 1. The van der Waals surface area contributed by atoms with Crippen molar-refractivity contribution in [1.29, 1.82) is 0 Å². The standard InChI is InChI=1S/C26H29ClN2O3/c1-18(25(31)28-26(2,3)4)29(16-19-9-7-12-21(27)15-19)24(30)17-32-23-14-8-11-20-10-5-6-13-22(20)23/h5-15,18H,16-17H2,1-4H3,(H,28,31)/t18-/m1/s1. The summed E-state index contributed by atoms with van der Waals surface area (Å²) < 4.78 is 5.91.